The number of hydrogen-bond donors (Lipinski definition) is 2. The first-order chi connectivity index (χ1) is 10.0. The summed E-state index contributed by atoms with van der Waals surface area (Å²) in [5, 5.41) is 3.47. The summed E-state index contributed by atoms with van der Waals surface area (Å²) in [6.07, 6.45) is 2.40. The molecule has 0 aliphatic heterocycles. The van der Waals surface area contributed by atoms with E-state index in [0.717, 1.165) is 30.6 Å². The third-order valence-electron chi connectivity index (χ3n) is 3.85. The predicted molar refractivity (Wildman–Crippen MR) is 87.4 cm³/mol. The van der Waals surface area contributed by atoms with E-state index in [0.29, 0.717) is 0 Å². The molecule has 3 N–H and O–H groups in total. The van der Waals surface area contributed by atoms with Gasteiger partial charge in [-0.3, -0.25) is 0 Å². The number of methoxy groups -OCH3 is 1. The summed E-state index contributed by atoms with van der Waals surface area (Å²) in [4.78, 5) is 13.3. The van der Waals surface area contributed by atoms with Crippen molar-refractivity contribution < 1.29 is 9.53 Å². The maximum Gasteiger partial charge on any atom is 0.409 e. The monoisotopic (exact) mass is 293 g/mol. The van der Waals surface area contributed by atoms with Crippen molar-refractivity contribution in [1.29, 1.82) is 0 Å². The van der Waals surface area contributed by atoms with Gasteiger partial charge in [0.15, 0.2) is 0 Å². The summed E-state index contributed by atoms with van der Waals surface area (Å²) >= 11 is 0. The molecule has 21 heavy (non-hydrogen) atoms. The molecule has 2 atom stereocenters. The predicted octanol–water partition coefficient (Wildman–Crippen LogP) is 3.33. The molecule has 0 saturated heterocycles. The van der Waals surface area contributed by atoms with Gasteiger partial charge in [0, 0.05) is 19.1 Å². The highest BCUT2D eigenvalue weighted by atomic mass is 16.5. The van der Waals surface area contributed by atoms with Crippen LogP contribution in [0.15, 0.2) is 24.3 Å². The summed E-state index contributed by atoms with van der Waals surface area (Å²) in [6, 6.07) is 8.13. The fourth-order valence-electron chi connectivity index (χ4n) is 2.40. The Bertz CT molecular complexity index is 451. The second-order valence-electron chi connectivity index (χ2n) is 5.22. The van der Waals surface area contributed by atoms with Crippen molar-refractivity contribution >= 4 is 17.5 Å². The number of amides is 1. The minimum Gasteiger partial charge on any atom is -0.453 e. The first-order valence-corrected chi connectivity index (χ1v) is 7.45. The van der Waals surface area contributed by atoms with Crippen LogP contribution in [0.1, 0.15) is 33.1 Å². The molecule has 0 aromatic heterocycles. The number of carbonyl (C=O) groups excluding carboxylic acids is 1. The van der Waals surface area contributed by atoms with Gasteiger partial charge in [0.25, 0.3) is 0 Å². The number of ether oxygens (including phenoxy) is 1. The number of para-hydroxylation sites is 2. The van der Waals surface area contributed by atoms with Gasteiger partial charge in [-0.1, -0.05) is 26.0 Å². The molecule has 5 nitrogen and oxygen atoms in total. The number of nitrogens with two attached hydrogens (primary N) is 1. The lowest BCUT2D eigenvalue weighted by atomic mass is 10.0. The van der Waals surface area contributed by atoms with E-state index < -0.39 is 0 Å². The summed E-state index contributed by atoms with van der Waals surface area (Å²) in [5.41, 5.74) is 7.65. The Labute approximate surface area is 127 Å². The lowest BCUT2D eigenvalue weighted by molar-refractivity contribution is 0.113. The molecule has 1 amide bonds. The molecule has 0 radical (unpaired) electrons. The summed E-state index contributed by atoms with van der Waals surface area (Å²) in [5.74, 6) is 0. The highest BCUT2D eigenvalue weighted by molar-refractivity contribution is 5.67. The standard InChI is InChI=1S/C16H27N3O2/c1-5-12(18-15-10-8-7-9-14(15)17)11-13(6-2)19(3)16(20)21-4/h7-10,12-13,18H,5-6,11,17H2,1-4H3/t12-,13?/m1/s1. The second-order valence-corrected chi connectivity index (χ2v) is 5.22. The average Bonchev–Trinajstić information content (AvgIpc) is 2.51. The molecule has 0 fully saturated rings. The van der Waals surface area contributed by atoms with Gasteiger partial charge in [-0.05, 0) is 31.4 Å². The second kappa shape index (κ2) is 8.39. The van der Waals surface area contributed by atoms with Gasteiger partial charge in [-0.2, -0.15) is 0 Å². The molecule has 0 saturated carbocycles. The van der Waals surface area contributed by atoms with E-state index >= 15 is 0 Å². The van der Waals surface area contributed by atoms with Crippen LogP contribution in [0.3, 0.4) is 0 Å². The third kappa shape index (κ3) is 4.85. The first kappa shape index (κ1) is 17.1. The number of nitrogens with one attached hydrogen (secondary N) is 1. The van der Waals surface area contributed by atoms with E-state index in [2.05, 4.69) is 19.2 Å². The smallest absolute Gasteiger partial charge is 0.409 e. The van der Waals surface area contributed by atoms with Crippen molar-refractivity contribution in [2.75, 3.05) is 25.2 Å². The number of nitrogens with zero attached hydrogens (tertiary/aromatic N) is 1. The van der Waals surface area contributed by atoms with E-state index in [1.807, 2.05) is 24.3 Å². The molecule has 5 heteroatoms. The Morgan fingerprint density at radius 3 is 2.52 bits per heavy atom. The van der Waals surface area contributed by atoms with Gasteiger partial charge in [0.2, 0.25) is 0 Å². The molecule has 0 bridgehead atoms. The zero-order valence-electron chi connectivity index (χ0n) is 13.4. The highest BCUT2D eigenvalue weighted by Gasteiger charge is 2.22. The topological polar surface area (TPSA) is 67.6 Å². The quantitative estimate of drug-likeness (QED) is 0.757. The van der Waals surface area contributed by atoms with Crippen LogP contribution in [-0.2, 0) is 4.74 Å². The zero-order chi connectivity index (χ0) is 15.8. The van der Waals surface area contributed by atoms with Crippen molar-refractivity contribution in [3.05, 3.63) is 24.3 Å². The van der Waals surface area contributed by atoms with Gasteiger partial charge >= 0.3 is 6.09 Å². The Hall–Kier alpha value is -1.91. The van der Waals surface area contributed by atoms with Crippen molar-refractivity contribution in [3.63, 3.8) is 0 Å². The minimum atomic E-state index is -0.295. The molecule has 0 spiro atoms. The maximum atomic E-state index is 11.7. The molecule has 0 aliphatic rings. The molecule has 1 rings (SSSR count). The molecule has 1 unspecified atom stereocenters. The summed E-state index contributed by atoms with van der Waals surface area (Å²) in [6.45, 7) is 4.20. The third-order valence-corrected chi connectivity index (χ3v) is 3.85. The van der Waals surface area contributed by atoms with Gasteiger partial charge in [-0.25, -0.2) is 4.79 Å². The zero-order valence-corrected chi connectivity index (χ0v) is 13.4. The van der Waals surface area contributed by atoms with Crippen molar-refractivity contribution in [2.24, 2.45) is 0 Å². The highest BCUT2D eigenvalue weighted by Crippen LogP contribution is 2.21. The van der Waals surface area contributed by atoms with E-state index in [1.165, 1.54) is 7.11 Å². The van der Waals surface area contributed by atoms with Crippen molar-refractivity contribution in [1.82, 2.24) is 4.90 Å². The van der Waals surface area contributed by atoms with Crippen LogP contribution in [0.5, 0.6) is 0 Å². The van der Waals surface area contributed by atoms with Crippen LogP contribution in [0, 0.1) is 0 Å². The van der Waals surface area contributed by atoms with Gasteiger partial charge in [-0.15, -0.1) is 0 Å². The number of benzene rings is 1. The molecule has 0 heterocycles. The Morgan fingerprint density at radius 1 is 1.33 bits per heavy atom. The van der Waals surface area contributed by atoms with Gasteiger partial charge in [0.05, 0.1) is 18.5 Å². The number of anilines is 2. The van der Waals surface area contributed by atoms with E-state index in [4.69, 9.17) is 10.5 Å². The normalized spacial score (nSPS) is 13.3. The largest absolute Gasteiger partial charge is 0.453 e. The fraction of sp³-hybridized carbons (Fsp3) is 0.562. The molecule has 0 aliphatic carbocycles. The fourth-order valence-corrected chi connectivity index (χ4v) is 2.40. The van der Waals surface area contributed by atoms with Crippen LogP contribution in [-0.4, -0.2) is 37.2 Å². The Kier molecular flexibility index (Phi) is 6.85. The summed E-state index contributed by atoms with van der Waals surface area (Å²) < 4.78 is 4.79. The summed E-state index contributed by atoms with van der Waals surface area (Å²) in [7, 11) is 3.19. The van der Waals surface area contributed by atoms with Crippen LogP contribution in [0.2, 0.25) is 0 Å². The SMILES string of the molecule is CCC(C[C@@H](CC)Nc1ccccc1N)N(C)C(=O)OC. The molecule has 1 aromatic carbocycles. The van der Waals surface area contributed by atoms with Crippen LogP contribution in [0.4, 0.5) is 16.2 Å². The lowest BCUT2D eigenvalue weighted by Gasteiger charge is -2.30. The first-order valence-electron chi connectivity index (χ1n) is 7.45. The molecular weight excluding hydrogens is 266 g/mol. The Balaban J connectivity index is 2.72. The minimum absolute atomic E-state index is 0.139. The number of carbonyl (C=O) groups is 1. The maximum absolute atomic E-state index is 11.7. The molecule has 118 valence electrons. The van der Waals surface area contributed by atoms with Crippen LogP contribution >= 0.6 is 0 Å². The molecule has 1 aromatic rings. The molecular formula is C16H27N3O2. The number of rotatable bonds is 7. The van der Waals surface area contributed by atoms with Crippen LogP contribution in [0.25, 0.3) is 0 Å². The van der Waals surface area contributed by atoms with Crippen molar-refractivity contribution in [2.45, 2.75) is 45.2 Å². The average molecular weight is 293 g/mol. The van der Waals surface area contributed by atoms with E-state index in [-0.39, 0.29) is 18.2 Å². The van der Waals surface area contributed by atoms with E-state index in [1.54, 1.807) is 11.9 Å². The Morgan fingerprint density at radius 2 is 2.00 bits per heavy atom. The van der Waals surface area contributed by atoms with Crippen molar-refractivity contribution in [3.8, 4) is 0 Å². The van der Waals surface area contributed by atoms with Crippen LogP contribution < -0.4 is 11.1 Å². The number of hydrogen-bond acceptors (Lipinski definition) is 4. The van der Waals surface area contributed by atoms with Gasteiger partial charge < -0.3 is 20.7 Å². The van der Waals surface area contributed by atoms with Gasteiger partial charge in [0.1, 0.15) is 0 Å². The van der Waals surface area contributed by atoms with E-state index in [9.17, 15) is 4.79 Å². The number of nitrogen functional groups attached to an aromatic ring is 1. The lowest BCUT2D eigenvalue weighted by Crippen LogP contribution is -2.40.